The summed E-state index contributed by atoms with van der Waals surface area (Å²) in [6, 6.07) is 0. The topological polar surface area (TPSA) is 35.7 Å². The first-order valence-electron chi connectivity index (χ1n) is 7.39. The average Bonchev–Trinajstić information content (AvgIpc) is 2.34. The number of thiocarbonyl (C=S) groups is 1. The Hall–Kier alpha value is -0.230. The Morgan fingerprint density at radius 1 is 1.21 bits per heavy atom. The van der Waals surface area contributed by atoms with E-state index >= 15 is 0 Å². The molecule has 0 spiro atoms. The summed E-state index contributed by atoms with van der Waals surface area (Å²) in [5, 5.41) is 0. The molecule has 19 heavy (non-hydrogen) atoms. The molecule has 1 saturated heterocycles. The van der Waals surface area contributed by atoms with Gasteiger partial charge in [0.05, 0.1) is 4.99 Å². The average molecular weight is 286 g/mol. The van der Waals surface area contributed by atoms with E-state index in [1.54, 1.807) is 0 Å². The Kier molecular flexibility index (Phi) is 7.83. The molecular formula is C14H30N4S. The fraction of sp³-hybridized carbons (Fsp3) is 0.929. The first-order chi connectivity index (χ1) is 8.97. The molecule has 0 aromatic heterocycles. The SMILES string of the molecule is CC(C)CN(CCC(N)=S)CCN1CCN(C)CC1. The zero-order valence-corrected chi connectivity index (χ0v) is 13.6. The third kappa shape index (κ3) is 7.82. The van der Waals surface area contributed by atoms with Crippen LogP contribution in [0.2, 0.25) is 0 Å². The molecule has 0 aromatic carbocycles. The zero-order chi connectivity index (χ0) is 14.3. The molecule has 4 nitrogen and oxygen atoms in total. The van der Waals surface area contributed by atoms with Crippen LogP contribution in [0.1, 0.15) is 20.3 Å². The van der Waals surface area contributed by atoms with Crippen LogP contribution in [0.5, 0.6) is 0 Å². The standard InChI is InChI=1S/C14H30N4S/c1-13(2)12-18(5-4-14(15)19)11-10-17-8-6-16(3)7-9-17/h13H,4-12H2,1-3H3,(H2,15,19). The third-order valence-electron chi connectivity index (χ3n) is 3.63. The van der Waals surface area contributed by atoms with Gasteiger partial charge in [-0.1, -0.05) is 26.1 Å². The monoisotopic (exact) mass is 286 g/mol. The summed E-state index contributed by atoms with van der Waals surface area (Å²) >= 11 is 4.98. The number of rotatable bonds is 8. The first kappa shape index (κ1) is 16.8. The van der Waals surface area contributed by atoms with Crippen molar-refractivity contribution in [2.24, 2.45) is 11.7 Å². The zero-order valence-electron chi connectivity index (χ0n) is 12.8. The molecule has 0 atom stereocenters. The molecule has 0 aromatic rings. The van der Waals surface area contributed by atoms with E-state index in [0.717, 1.165) is 32.6 Å². The van der Waals surface area contributed by atoms with Crippen molar-refractivity contribution in [3.63, 3.8) is 0 Å². The van der Waals surface area contributed by atoms with Crippen molar-refractivity contribution in [2.75, 3.05) is 59.4 Å². The Bertz CT molecular complexity index is 262. The quantitative estimate of drug-likeness (QED) is 0.670. The van der Waals surface area contributed by atoms with Crippen LogP contribution in [0.15, 0.2) is 0 Å². The lowest BCUT2D eigenvalue weighted by atomic mass is 10.2. The summed E-state index contributed by atoms with van der Waals surface area (Å²) in [7, 11) is 2.20. The number of nitrogens with two attached hydrogens (primary N) is 1. The lowest BCUT2D eigenvalue weighted by Gasteiger charge is -2.34. The van der Waals surface area contributed by atoms with Crippen LogP contribution in [0.25, 0.3) is 0 Å². The normalized spacial score (nSPS) is 18.4. The summed E-state index contributed by atoms with van der Waals surface area (Å²) in [6.07, 6.45) is 0.838. The second-order valence-corrected chi connectivity index (χ2v) is 6.58. The van der Waals surface area contributed by atoms with Crippen LogP contribution in [0, 0.1) is 5.92 Å². The van der Waals surface area contributed by atoms with Crippen LogP contribution in [-0.2, 0) is 0 Å². The fourth-order valence-electron chi connectivity index (χ4n) is 2.43. The van der Waals surface area contributed by atoms with Gasteiger partial charge < -0.3 is 15.5 Å². The summed E-state index contributed by atoms with van der Waals surface area (Å²) in [5.41, 5.74) is 5.61. The molecule has 1 heterocycles. The predicted molar refractivity (Wildman–Crippen MR) is 86.6 cm³/mol. The van der Waals surface area contributed by atoms with Crippen LogP contribution in [-0.4, -0.2) is 79.1 Å². The molecule has 0 aliphatic carbocycles. The molecule has 112 valence electrons. The molecule has 1 fully saturated rings. The summed E-state index contributed by atoms with van der Waals surface area (Å²) in [6.45, 7) is 13.7. The van der Waals surface area contributed by atoms with E-state index in [2.05, 4.69) is 35.6 Å². The highest BCUT2D eigenvalue weighted by Gasteiger charge is 2.15. The molecule has 1 aliphatic rings. The summed E-state index contributed by atoms with van der Waals surface area (Å²) in [5.74, 6) is 0.693. The molecule has 2 N–H and O–H groups in total. The van der Waals surface area contributed by atoms with Gasteiger partial charge in [0.25, 0.3) is 0 Å². The Labute approximate surface area is 123 Å². The summed E-state index contributed by atoms with van der Waals surface area (Å²) < 4.78 is 0. The van der Waals surface area contributed by atoms with E-state index in [1.165, 1.54) is 26.2 Å². The van der Waals surface area contributed by atoms with E-state index in [1.807, 2.05) is 0 Å². The molecular weight excluding hydrogens is 256 g/mol. The minimum absolute atomic E-state index is 0.633. The second kappa shape index (κ2) is 8.84. The Balaban J connectivity index is 2.28. The van der Waals surface area contributed by atoms with Crippen LogP contribution in [0.4, 0.5) is 0 Å². The Morgan fingerprint density at radius 2 is 1.84 bits per heavy atom. The third-order valence-corrected chi connectivity index (χ3v) is 3.83. The highest BCUT2D eigenvalue weighted by atomic mass is 32.1. The minimum atomic E-state index is 0.633. The van der Waals surface area contributed by atoms with Gasteiger partial charge in [-0.15, -0.1) is 0 Å². The van der Waals surface area contributed by atoms with Gasteiger partial charge in [0.2, 0.25) is 0 Å². The second-order valence-electron chi connectivity index (χ2n) is 6.06. The molecule has 0 unspecified atom stereocenters. The maximum absolute atomic E-state index is 5.61. The fourth-order valence-corrected chi connectivity index (χ4v) is 2.52. The van der Waals surface area contributed by atoms with Crippen molar-refractivity contribution >= 4 is 17.2 Å². The number of likely N-dealkylation sites (N-methyl/N-ethyl adjacent to an activating group) is 1. The van der Waals surface area contributed by atoms with Gasteiger partial charge in [-0.2, -0.15) is 0 Å². The highest BCUT2D eigenvalue weighted by Crippen LogP contribution is 2.03. The van der Waals surface area contributed by atoms with E-state index in [9.17, 15) is 0 Å². The van der Waals surface area contributed by atoms with Gasteiger partial charge in [-0.3, -0.25) is 4.90 Å². The Morgan fingerprint density at radius 3 is 2.37 bits per heavy atom. The maximum Gasteiger partial charge on any atom is 0.0740 e. The number of hydrogen-bond acceptors (Lipinski definition) is 4. The molecule has 5 heteroatoms. The van der Waals surface area contributed by atoms with Crippen molar-refractivity contribution in [1.29, 1.82) is 0 Å². The molecule has 0 radical (unpaired) electrons. The van der Waals surface area contributed by atoms with E-state index in [0.29, 0.717) is 10.9 Å². The highest BCUT2D eigenvalue weighted by molar-refractivity contribution is 7.80. The minimum Gasteiger partial charge on any atom is -0.393 e. The van der Waals surface area contributed by atoms with Gasteiger partial charge in [0.15, 0.2) is 0 Å². The van der Waals surface area contributed by atoms with Crippen molar-refractivity contribution in [1.82, 2.24) is 14.7 Å². The number of hydrogen-bond donors (Lipinski definition) is 1. The lowest BCUT2D eigenvalue weighted by molar-refractivity contribution is 0.132. The van der Waals surface area contributed by atoms with Crippen LogP contribution < -0.4 is 5.73 Å². The van der Waals surface area contributed by atoms with Gasteiger partial charge in [0.1, 0.15) is 0 Å². The molecule has 1 rings (SSSR count). The molecule has 0 bridgehead atoms. The molecule has 1 aliphatic heterocycles. The number of piperazine rings is 1. The van der Waals surface area contributed by atoms with Gasteiger partial charge >= 0.3 is 0 Å². The summed E-state index contributed by atoms with van der Waals surface area (Å²) in [4.78, 5) is 8.10. The molecule has 0 saturated carbocycles. The lowest BCUT2D eigenvalue weighted by Crippen LogP contribution is -2.47. The van der Waals surface area contributed by atoms with Crippen LogP contribution >= 0.6 is 12.2 Å². The van der Waals surface area contributed by atoms with Crippen molar-refractivity contribution in [3.05, 3.63) is 0 Å². The van der Waals surface area contributed by atoms with Crippen LogP contribution in [0.3, 0.4) is 0 Å². The van der Waals surface area contributed by atoms with E-state index in [4.69, 9.17) is 18.0 Å². The van der Waals surface area contributed by atoms with Crippen molar-refractivity contribution < 1.29 is 0 Å². The van der Waals surface area contributed by atoms with Crippen molar-refractivity contribution in [3.8, 4) is 0 Å². The first-order valence-corrected chi connectivity index (χ1v) is 7.79. The van der Waals surface area contributed by atoms with Gasteiger partial charge in [0, 0.05) is 58.8 Å². The molecule has 0 amide bonds. The largest absolute Gasteiger partial charge is 0.393 e. The van der Waals surface area contributed by atoms with E-state index in [-0.39, 0.29) is 0 Å². The van der Waals surface area contributed by atoms with Crippen molar-refractivity contribution in [2.45, 2.75) is 20.3 Å². The van der Waals surface area contributed by atoms with E-state index < -0.39 is 0 Å². The smallest absolute Gasteiger partial charge is 0.0740 e. The van der Waals surface area contributed by atoms with Gasteiger partial charge in [-0.25, -0.2) is 0 Å². The predicted octanol–water partition coefficient (Wildman–Crippen LogP) is 0.868. The maximum atomic E-state index is 5.61. The van der Waals surface area contributed by atoms with Gasteiger partial charge in [-0.05, 0) is 13.0 Å². The number of nitrogens with zero attached hydrogens (tertiary/aromatic N) is 3.